The summed E-state index contributed by atoms with van der Waals surface area (Å²) in [5, 5.41) is 7.07. The number of ether oxygens (including phenoxy) is 1. The first-order chi connectivity index (χ1) is 9.28. The van der Waals surface area contributed by atoms with E-state index < -0.39 is 10.2 Å². The van der Waals surface area contributed by atoms with Gasteiger partial charge in [-0.1, -0.05) is 19.9 Å². The van der Waals surface area contributed by atoms with Gasteiger partial charge in [-0.15, -0.1) is 0 Å². The monoisotopic (exact) mass is 300 g/mol. The van der Waals surface area contributed by atoms with Crippen molar-refractivity contribution in [3.05, 3.63) is 24.3 Å². The molecule has 0 unspecified atom stereocenters. The van der Waals surface area contributed by atoms with Crippen molar-refractivity contribution in [1.82, 2.24) is 4.72 Å². The van der Waals surface area contributed by atoms with Gasteiger partial charge in [-0.3, -0.25) is 10.1 Å². The minimum Gasteiger partial charge on any atom is -0.486 e. The molecule has 1 aromatic carbocycles. The second-order valence-electron chi connectivity index (χ2n) is 4.69. The van der Waals surface area contributed by atoms with Gasteiger partial charge >= 0.3 is 0 Å². The van der Waals surface area contributed by atoms with E-state index in [0.29, 0.717) is 18.0 Å². The lowest BCUT2D eigenvalue weighted by Gasteiger charge is -2.12. The molecule has 0 fully saturated rings. The third-order valence-electron chi connectivity index (χ3n) is 2.16. The van der Waals surface area contributed by atoms with Crippen LogP contribution in [0.2, 0.25) is 0 Å². The Labute approximate surface area is 119 Å². The molecule has 0 bridgehead atoms. The molecule has 1 rings (SSSR count). The summed E-state index contributed by atoms with van der Waals surface area (Å²) >= 11 is 0. The van der Waals surface area contributed by atoms with Gasteiger partial charge < -0.3 is 10.5 Å². The van der Waals surface area contributed by atoms with Gasteiger partial charge in [0.25, 0.3) is 10.2 Å². The van der Waals surface area contributed by atoms with Gasteiger partial charge in [-0.05, 0) is 18.1 Å². The first-order valence-electron chi connectivity index (χ1n) is 6.11. The van der Waals surface area contributed by atoms with Crippen molar-refractivity contribution in [2.24, 2.45) is 11.7 Å². The minimum absolute atomic E-state index is 0.0399. The van der Waals surface area contributed by atoms with E-state index in [9.17, 15) is 8.42 Å². The highest BCUT2D eigenvalue weighted by atomic mass is 32.2. The highest BCUT2D eigenvalue weighted by Crippen LogP contribution is 2.18. The summed E-state index contributed by atoms with van der Waals surface area (Å²) in [4.78, 5) is 0. The number of nitrogens with one attached hydrogen (secondary N) is 3. The van der Waals surface area contributed by atoms with Gasteiger partial charge in [0.05, 0.1) is 5.69 Å². The highest BCUT2D eigenvalue weighted by molar-refractivity contribution is 7.90. The summed E-state index contributed by atoms with van der Waals surface area (Å²) < 4.78 is 33.6. The fourth-order valence-electron chi connectivity index (χ4n) is 1.28. The lowest BCUT2D eigenvalue weighted by Crippen LogP contribution is -2.32. The lowest BCUT2D eigenvalue weighted by molar-refractivity contribution is 0.374. The van der Waals surface area contributed by atoms with E-state index in [1.165, 1.54) is 6.07 Å². The van der Waals surface area contributed by atoms with Gasteiger partial charge in [-0.2, -0.15) is 13.1 Å². The molecule has 0 aliphatic heterocycles. The van der Waals surface area contributed by atoms with Crippen LogP contribution in [0.4, 0.5) is 5.69 Å². The number of nitrogens with two attached hydrogens (primary N) is 1. The fourth-order valence-corrected chi connectivity index (χ4v) is 2.34. The van der Waals surface area contributed by atoms with E-state index >= 15 is 0 Å². The van der Waals surface area contributed by atoms with Crippen LogP contribution in [0.15, 0.2) is 24.3 Å². The second-order valence-corrected chi connectivity index (χ2v) is 6.19. The van der Waals surface area contributed by atoms with Crippen molar-refractivity contribution in [1.29, 1.82) is 5.41 Å². The molecule has 0 amide bonds. The number of amidine groups is 1. The summed E-state index contributed by atoms with van der Waals surface area (Å²) in [6.45, 7) is 4.15. The maximum absolute atomic E-state index is 11.8. The maximum atomic E-state index is 11.8. The molecule has 7 nitrogen and oxygen atoms in total. The summed E-state index contributed by atoms with van der Waals surface area (Å²) in [6.07, 6.45) is 0. The van der Waals surface area contributed by atoms with Crippen molar-refractivity contribution in [3.8, 4) is 5.75 Å². The van der Waals surface area contributed by atoms with E-state index in [2.05, 4.69) is 9.44 Å². The van der Waals surface area contributed by atoms with E-state index in [0.717, 1.165) is 0 Å². The zero-order chi connectivity index (χ0) is 15.2. The number of benzene rings is 1. The van der Waals surface area contributed by atoms with Crippen LogP contribution in [-0.4, -0.2) is 27.4 Å². The molecule has 0 saturated carbocycles. The van der Waals surface area contributed by atoms with Crippen molar-refractivity contribution in [2.45, 2.75) is 13.8 Å². The number of hydrogen-bond donors (Lipinski definition) is 4. The number of anilines is 1. The summed E-state index contributed by atoms with van der Waals surface area (Å²) in [6, 6.07) is 6.44. The molecular weight excluding hydrogens is 280 g/mol. The van der Waals surface area contributed by atoms with Gasteiger partial charge in [0, 0.05) is 12.6 Å². The molecule has 0 aromatic heterocycles. The van der Waals surface area contributed by atoms with E-state index in [1.54, 1.807) is 18.2 Å². The summed E-state index contributed by atoms with van der Waals surface area (Å²) in [5.74, 6) is 0.552. The molecule has 0 radical (unpaired) electrons. The second kappa shape index (κ2) is 7.11. The van der Waals surface area contributed by atoms with Crippen molar-refractivity contribution in [2.75, 3.05) is 17.9 Å². The van der Waals surface area contributed by atoms with Crippen molar-refractivity contribution in [3.63, 3.8) is 0 Å². The molecular formula is C12H20N4O3S. The fraction of sp³-hybridized carbons (Fsp3) is 0.417. The van der Waals surface area contributed by atoms with Crippen LogP contribution in [-0.2, 0) is 10.2 Å². The maximum Gasteiger partial charge on any atom is 0.299 e. The Kier molecular flexibility index (Phi) is 5.78. The van der Waals surface area contributed by atoms with Crippen LogP contribution in [0, 0.1) is 11.3 Å². The number of rotatable bonds is 8. The van der Waals surface area contributed by atoms with E-state index in [4.69, 9.17) is 15.9 Å². The minimum atomic E-state index is -3.60. The zero-order valence-corrected chi connectivity index (χ0v) is 12.3. The Bertz CT molecular complexity index is 558. The molecule has 20 heavy (non-hydrogen) atoms. The quantitative estimate of drug-likeness (QED) is 0.421. The molecule has 5 N–H and O–H groups in total. The van der Waals surface area contributed by atoms with Crippen molar-refractivity contribution < 1.29 is 13.2 Å². The number of hydrogen-bond acceptors (Lipinski definition) is 4. The zero-order valence-electron chi connectivity index (χ0n) is 11.5. The van der Waals surface area contributed by atoms with Gasteiger partial charge in [-0.25, -0.2) is 0 Å². The third-order valence-corrected chi connectivity index (χ3v) is 3.21. The highest BCUT2D eigenvalue weighted by Gasteiger charge is 2.10. The third kappa shape index (κ3) is 6.39. The Morgan fingerprint density at radius 2 is 2.15 bits per heavy atom. The first kappa shape index (κ1) is 16.3. The Morgan fingerprint density at radius 1 is 1.45 bits per heavy atom. The van der Waals surface area contributed by atoms with Crippen LogP contribution < -0.4 is 19.9 Å². The van der Waals surface area contributed by atoms with Crippen LogP contribution in [0.1, 0.15) is 13.8 Å². The lowest BCUT2D eigenvalue weighted by atomic mass is 10.2. The predicted octanol–water partition coefficient (Wildman–Crippen LogP) is 0.904. The first-order valence-corrected chi connectivity index (χ1v) is 7.60. The average molecular weight is 300 g/mol. The van der Waals surface area contributed by atoms with E-state index in [-0.39, 0.29) is 18.4 Å². The molecule has 1 aromatic rings. The smallest absolute Gasteiger partial charge is 0.299 e. The molecule has 0 aliphatic rings. The molecule has 0 spiro atoms. The molecule has 0 saturated heterocycles. The Morgan fingerprint density at radius 3 is 2.75 bits per heavy atom. The predicted molar refractivity (Wildman–Crippen MR) is 79.2 cm³/mol. The topological polar surface area (TPSA) is 117 Å². The molecule has 0 atom stereocenters. The van der Waals surface area contributed by atoms with Crippen LogP contribution in [0.3, 0.4) is 0 Å². The normalized spacial score (nSPS) is 11.3. The van der Waals surface area contributed by atoms with Crippen LogP contribution in [0.5, 0.6) is 5.75 Å². The van der Waals surface area contributed by atoms with Gasteiger partial charge in [0.1, 0.15) is 18.2 Å². The Hall–Kier alpha value is -1.80. The van der Waals surface area contributed by atoms with Crippen LogP contribution in [0.25, 0.3) is 0 Å². The van der Waals surface area contributed by atoms with Gasteiger partial charge in [0.2, 0.25) is 0 Å². The standard InChI is InChI=1S/C12H20N4O3S/c1-9(2)7-15-20(17,18)16-10-4-3-5-11(6-10)19-8-12(13)14/h3-6,9,15-16H,7-8H2,1-2H3,(H3,13,14). The Balaban J connectivity index is 2.67. The van der Waals surface area contributed by atoms with Crippen LogP contribution >= 0.6 is 0 Å². The summed E-state index contributed by atoms with van der Waals surface area (Å²) in [7, 11) is -3.60. The summed E-state index contributed by atoms with van der Waals surface area (Å²) in [5.41, 5.74) is 5.56. The average Bonchev–Trinajstić information content (AvgIpc) is 2.34. The molecule has 0 heterocycles. The molecule has 8 heteroatoms. The van der Waals surface area contributed by atoms with Crippen molar-refractivity contribution >= 4 is 21.7 Å². The molecule has 0 aliphatic carbocycles. The SMILES string of the molecule is CC(C)CNS(=O)(=O)Nc1cccc(OCC(=N)N)c1. The van der Waals surface area contributed by atoms with E-state index in [1.807, 2.05) is 13.8 Å². The largest absolute Gasteiger partial charge is 0.486 e. The molecule has 112 valence electrons. The van der Waals surface area contributed by atoms with Gasteiger partial charge in [0.15, 0.2) is 0 Å².